The Balaban J connectivity index is 1.97. The lowest BCUT2D eigenvalue weighted by atomic mass is 9.93. The molecule has 0 aliphatic carbocycles. The zero-order valence-corrected chi connectivity index (χ0v) is 23.1. The highest BCUT2D eigenvalue weighted by molar-refractivity contribution is 8.32. The normalized spacial score (nSPS) is 16.6. The number of carbonyl (C=O) groups is 2. The van der Waals surface area contributed by atoms with Crippen LogP contribution in [0.4, 0.5) is 14.5 Å². The molecule has 1 heterocycles. The molecule has 0 unspecified atom stereocenters. The molecule has 1 aliphatic rings. The molecule has 0 fully saturated rings. The Labute approximate surface area is 217 Å². The zero-order chi connectivity index (χ0) is 27.5. The van der Waals surface area contributed by atoms with E-state index in [-0.39, 0.29) is 35.7 Å². The average Bonchev–Trinajstić information content (AvgIpc) is 2.81. The van der Waals surface area contributed by atoms with Crippen molar-refractivity contribution < 1.29 is 36.3 Å². The molecule has 1 amide bonds. The Morgan fingerprint density at radius 1 is 1.08 bits per heavy atom. The van der Waals surface area contributed by atoms with Gasteiger partial charge >= 0.3 is 5.97 Å². The van der Waals surface area contributed by atoms with E-state index in [4.69, 9.17) is 4.74 Å². The van der Waals surface area contributed by atoms with E-state index < -0.39 is 49.6 Å². The van der Waals surface area contributed by atoms with Gasteiger partial charge in [-0.3, -0.25) is 9.59 Å². The molecule has 0 aromatic heterocycles. The van der Waals surface area contributed by atoms with Crippen LogP contribution in [0, 0.1) is 11.6 Å². The first-order valence-electron chi connectivity index (χ1n) is 11.5. The summed E-state index contributed by atoms with van der Waals surface area (Å²) < 4.78 is 67.0. The van der Waals surface area contributed by atoms with Gasteiger partial charge in [0.25, 0.3) is 0 Å². The van der Waals surface area contributed by atoms with E-state index in [0.29, 0.717) is 17.7 Å². The smallest absolute Gasteiger partial charge is 0.305 e. The van der Waals surface area contributed by atoms with Crippen LogP contribution >= 0.6 is 10.0 Å². The van der Waals surface area contributed by atoms with E-state index in [0.717, 1.165) is 22.0 Å². The highest BCUT2D eigenvalue weighted by atomic mass is 32.3. The first-order valence-corrected chi connectivity index (χ1v) is 16.0. The third-order valence-electron chi connectivity index (χ3n) is 6.03. The van der Waals surface area contributed by atoms with Gasteiger partial charge in [-0.15, -0.1) is 0 Å². The molecule has 12 heteroatoms. The summed E-state index contributed by atoms with van der Waals surface area (Å²) in [6.45, 7) is 0.00779. The third-order valence-corrected chi connectivity index (χ3v) is 9.56. The summed E-state index contributed by atoms with van der Waals surface area (Å²) in [4.78, 5) is 24.9. The first kappa shape index (κ1) is 28.9. The number of nitrogens with zero attached hydrogens (tertiary/aromatic N) is 1. The number of benzene rings is 2. The number of hydrogen-bond donors (Lipinski definition) is 1. The zero-order valence-electron chi connectivity index (χ0n) is 21.5. The Morgan fingerprint density at radius 2 is 1.73 bits per heavy atom. The van der Waals surface area contributed by atoms with Crippen molar-refractivity contribution in [3.63, 3.8) is 0 Å². The molecule has 0 saturated heterocycles. The van der Waals surface area contributed by atoms with Crippen molar-refractivity contribution >= 4 is 37.6 Å². The van der Waals surface area contributed by atoms with Crippen molar-refractivity contribution in [2.24, 2.45) is 0 Å². The minimum absolute atomic E-state index is 0.00779. The van der Waals surface area contributed by atoms with E-state index in [9.17, 15) is 26.8 Å². The predicted octanol–water partition coefficient (Wildman–Crippen LogP) is 3.85. The molecule has 2 aromatic rings. The lowest BCUT2D eigenvalue weighted by Crippen LogP contribution is -2.46. The molecular weight excluding hydrogens is 526 g/mol. The van der Waals surface area contributed by atoms with Crippen LogP contribution in [0.3, 0.4) is 0 Å². The van der Waals surface area contributed by atoms with E-state index in [1.165, 1.54) is 14.2 Å². The van der Waals surface area contributed by atoms with Gasteiger partial charge in [0.1, 0.15) is 23.4 Å². The molecule has 3 rings (SSSR count). The van der Waals surface area contributed by atoms with Gasteiger partial charge in [0.05, 0.1) is 24.9 Å². The molecule has 1 N–H and O–H groups in total. The second kappa shape index (κ2) is 11.4. The fraction of sp³-hybridized carbons (Fsp3) is 0.440. The maximum absolute atomic E-state index is 14.8. The third kappa shape index (κ3) is 6.60. The number of hydrogen-bond acceptors (Lipinski definition) is 6. The van der Waals surface area contributed by atoms with E-state index >= 15 is 0 Å². The van der Waals surface area contributed by atoms with Crippen molar-refractivity contribution in [2.75, 3.05) is 50.6 Å². The number of anilines is 1. The van der Waals surface area contributed by atoms with Gasteiger partial charge in [-0.2, -0.15) is 4.31 Å². The maximum Gasteiger partial charge on any atom is 0.305 e. The molecular formula is C25H32F2N2O6S2. The summed E-state index contributed by atoms with van der Waals surface area (Å²) in [5, 5.41) is 2.51. The van der Waals surface area contributed by atoms with Crippen molar-refractivity contribution in [1.82, 2.24) is 4.31 Å². The Morgan fingerprint density at radius 3 is 2.30 bits per heavy atom. The standard InChI is InChI=1S/C25H32F2N2O6S2/c1-34-18-8-9-19-16(13-18)10-11-29(37(32,33)12-6-7-22(30)35-2)23(19)25(31)28-17-14-20(26)24(21(27)15-17)36(3,4)5/h8-9,13-15,23H,6-7,10-12H2,1-5H3,(H,28,31)/t23-/m1/s1. The summed E-state index contributed by atoms with van der Waals surface area (Å²) in [6, 6.07) is 5.77. The first-order chi connectivity index (χ1) is 17.3. The second-order valence-corrected chi connectivity index (χ2v) is 15.5. The number of esters is 1. The van der Waals surface area contributed by atoms with Crippen LogP contribution in [-0.4, -0.2) is 69.9 Å². The molecule has 0 spiro atoms. The number of nitrogens with one attached hydrogen (secondary N) is 1. The van der Waals surface area contributed by atoms with Gasteiger partial charge in [-0.05, 0) is 67.0 Å². The lowest BCUT2D eigenvalue weighted by molar-refractivity contribution is -0.140. The Kier molecular flexibility index (Phi) is 8.86. The second-order valence-electron chi connectivity index (χ2n) is 9.42. The van der Waals surface area contributed by atoms with Crippen molar-refractivity contribution in [1.29, 1.82) is 0 Å². The molecule has 1 atom stereocenters. The fourth-order valence-electron chi connectivity index (χ4n) is 4.32. The molecule has 0 bridgehead atoms. The fourth-order valence-corrected chi connectivity index (χ4v) is 7.26. The Bertz CT molecular complexity index is 1270. The summed E-state index contributed by atoms with van der Waals surface area (Å²) in [7, 11) is -2.99. The number of fused-ring (bicyclic) bond motifs is 1. The number of ether oxygens (including phenoxy) is 2. The highest BCUT2D eigenvalue weighted by Gasteiger charge is 2.40. The summed E-state index contributed by atoms with van der Waals surface area (Å²) >= 11 is 0. The van der Waals surface area contributed by atoms with Crippen LogP contribution < -0.4 is 10.1 Å². The van der Waals surface area contributed by atoms with Crippen molar-refractivity contribution in [3.8, 4) is 5.75 Å². The molecule has 0 saturated carbocycles. The number of rotatable bonds is 9. The minimum atomic E-state index is -3.99. The molecule has 37 heavy (non-hydrogen) atoms. The molecule has 204 valence electrons. The van der Waals surface area contributed by atoms with Gasteiger partial charge < -0.3 is 14.8 Å². The van der Waals surface area contributed by atoms with Gasteiger partial charge in [-0.1, -0.05) is 6.07 Å². The number of halogens is 2. The lowest BCUT2D eigenvalue weighted by Gasteiger charge is -2.35. The number of sulfonamides is 1. The van der Waals surface area contributed by atoms with Crippen molar-refractivity contribution in [2.45, 2.75) is 30.2 Å². The Hall–Kier alpha value is -2.70. The average molecular weight is 559 g/mol. The van der Waals surface area contributed by atoms with Gasteiger partial charge in [0.15, 0.2) is 0 Å². The van der Waals surface area contributed by atoms with E-state index in [1.54, 1.807) is 37.0 Å². The summed E-state index contributed by atoms with van der Waals surface area (Å²) in [5.41, 5.74) is 1.05. The van der Waals surface area contributed by atoms with Crippen LogP contribution in [0.15, 0.2) is 35.2 Å². The van der Waals surface area contributed by atoms with Crippen LogP contribution in [0.25, 0.3) is 0 Å². The topological polar surface area (TPSA) is 102 Å². The molecule has 2 aromatic carbocycles. The van der Waals surface area contributed by atoms with Gasteiger partial charge in [0, 0.05) is 18.7 Å². The maximum atomic E-state index is 14.8. The summed E-state index contributed by atoms with van der Waals surface area (Å²) in [6.07, 6.45) is 5.52. The molecule has 0 radical (unpaired) electrons. The van der Waals surface area contributed by atoms with Gasteiger partial charge in [0.2, 0.25) is 15.9 Å². The minimum Gasteiger partial charge on any atom is -0.497 e. The van der Waals surface area contributed by atoms with Crippen LogP contribution in [-0.2, 0) is 30.8 Å². The number of amides is 1. The SMILES string of the molecule is COC(=O)CCCS(=O)(=O)N1CCc2cc(OC)ccc2[C@@H]1C(=O)Nc1cc(F)c(S(C)(C)C)c(F)c1. The quantitative estimate of drug-likeness (QED) is 0.469. The number of carbonyl (C=O) groups excluding carboxylic acids is 2. The van der Waals surface area contributed by atoms with Crippen LogP contribution in [0.1, 0.15) is 30.0 Å². The molecule has 8 nitrogen and oxygen atoms in total. The highest BCUT2D eigenvalue weighted by Crippen LogP contribution is 2.48. The van der Waals surface area contributed by atoms with Crippen LogP contribution in [0.5, 0.6) is 5.75 Å². The van der Waals surface area contributed by atoms with E-state index in [1.807, 2.05) is 0 Å². The summed E-state index contributed by atoms with van der Waals surface area (Å²) in [5.74, 6) is -2.67. The van der Waals surface area contributed by atoms with Gasteiger partial charge in [-0.25, -0.2) is 27.2 Å². The van der Waals surface area contributed by atoms with Crippen molar-refractivity contribution in [3.05, 3.63) is 53.1 Å². The predicted molar refractivity (Wildman–Crippen MR) is 140 cm³/mol. The van der Waals surface area contributed by atoms with Crippen LogP contribution in [0.2, 0.25) is 0 Å². The number of methoxy groups -OCH3 is 2. The van der Waals surface area contributed by atoms with E-state index in [2.05, 4.69) is 10.1 Å². The monoisotopic (exact) mass is 558 g/mol. The largest absolute Gasteiger partial charge is 0.497 e. The molecule has 1 aliphatic heterocycles.